The quantitative estimate of drug-likeness (QED) is 0.331. The number of benzene rings is 1. The summed E-state index contributed by atoms with van der Waals surface area (Å²) < 4.78 is 16.3. The molecule has 0 amide bonds. The van der Waals surface area contributed by atoms with E-state index in [1.807, 2.05) is 0 Å². The van der Waals surface area contributed by atoms with Crippen molar-refractivity contribution in [2.24, 2.45) is 0 Å². The van der Waals surface area contributed by atoms with Crippen molar-refractivity contribution in [1.82, 2.24) is 0 Å². The van der Waals surface area contributed by atoms with Crippen molar-refractivity contribution >= 4 is 17.8 Å². The molecule has 1 aliphatic rings. The maximum atomic E-state index is 11.9. The van der Waals surface area contributed by atoms with Gasteiger partial charge in [0.1, 0.15) is 5.57 Å². The number of ether oxygens (including phenoxy) is 3. The van der Waals surface area contributed by atoms with E-state index in [1.54, 1.807) is 32.2 Å². The van der Waals surface area contributed by atoms with Crippen LogP contribution in [0.5, 0.6) is 11.5 Å². The van der Waals surface area contributed by atoms with E-state index in [4.69, 9.17) is 14.2 Å². The van der Waals surface area contributed by atoms with Crippen molar-refractivity contribution in [3.8, 4) is 11.5 Å². The number of ketones is 1. The third kappa shape index (κ3) is 4.60. The van der Waals surface area contributed by atoms with Crippen molar-refractivity contribution in [2.75, 3.05) is 13.7 Å². The van der Waals surface area contributed by atoms with Crippen molar-refractivity contribution in [2.45, 2.75) is 45.6 Å². The van der Waals surface area contributed by atoms with E-state index in [-0.39, 0.29) is 24.1 Å². The predicted octanol–water partition coefficient (Wildman–Crippen LogP) is 3.55. The number of carbonyl (C=O) groups is 2. The van der Waals surface area contributed by atoms with Gasteiger partial charge < -0.3 is 14.2 Å². The average molecular weight is 332 g/mol. The molecule has 5 nitrogen and oxygen atoms in total. The average Bonchev–Trinajstić information content (AvgIpc) is 3.05. The minimum atomic E-state index is -0.612. The molecule has 1 saturated carbocycles. The van der Waals surface area contributed by atoms with Gasteiger partial charge in [-0.05, 0) is 63.3 Å². The Hall–Kier alpha value is -2.30. The first-order valence-corrected chi connectivity index (χ1v) is 8.29. The summed E-state index contributed by atoms with van der Waals surface area (Å²) in [4.78, 5) is 23.6. The smallest absolute Gasteiger partial charge is 0.341 e. The summed E-state index contributed by atoms with van der Waals surface area (Å²) >= 11 is 0. The molecule has 0 radical (unpaired) electrons. The van der Waals surface area contributed by atoms with Crippen molar-refractivity contribution in [1.29, 1.82) is 0 Å². The first kappa shape index (κ1) is 18.0. The van der Waals surface area contributed by atoms with Crippen LogP contribution in [-0.2, 0) is 14.3 Å². The summed E-state index contributed by atoms with van der Waals surface area (Å²) in [6, 6.07) is 5.35. The van der Waals surface area contributed by atoms with E-state index < -0.39 is 5.97 Å². The number of esters is 1. The number of carbonyl (C=O) groups excluding carboxylic acids is 2. The number of rotatable bonds is 7. The summed E-state index contributed by atoms with van der Waals surface area (Å²) in [6.07, 6.45) is 6.13. The van der Waals surface area contributed by atoms with Crippen LogP contribution in [0, 0.1) is 0 Å². The van der Waals surface area contributed by atoms with E-state index in [9.17, 15) is 9.59 Å². The van der Waals surface area contributed by atoms with Gasteiger partial charge in [0, 0.05) is 0 Å². The zero-order valence-corrected chi connectivity index (χ0v) is 14.5. The fourth-order valence-electron chi connectivity index (χ4n) is 2.74. The number of methoxy groups -OCH3 is 1. The lowest BCUT2D eigenvalue weighted by Crippen LogP contribution is -2.13. The molecule has 5 heteroatoms. The van der Waals surface area contributed by atoms with Gasteiger partial charge in [0.05, 0.1) is 19.8 Å². The molecule has 0 spiro atoms. The molecule has 0 heterocycles. The highest BCUT2D eigenvalue weighted by molar-refractivity contribution is 6.19. The largest absolute Gasteiger partial charge is 0.493 e. The van der Waals surface area contributed by atoms with E-state index in [2.05, 4.69) is 0 Å². The molecule has 24 heavy (non-hydrogen) atoms. The summed E-state index contributed by atoms with van der Waals surface area (Å²) in [5, 5.41) is 0. The summed E-state index contributed by atoms with van der Waals surface area (Å²) in [5.74, 6) is 0.325. The Labute approximate surface area is 142 Å². The third-order valence-electron chi connectivity index (χ3n) is 3.97. The maximum absolute atomic E-state index is 11.9. The van der Waals surface area contributed by atoms with Crippen LogP contribution >= 0.6 is 0 Å². The van der Waals surface area contributed by atoms with Crippen LogP contribution < -0.4 is 9.47 Å². The van der Waals surface area contributed by atoms with Crippen LogP contribution in [0.25, 0.3) is 6.08 Å². The molecule has 0 N–H and O–H groups in total. The van der Waals surface area contributed by atoms with E-state index in [1.165, 1.54) is 25.8 Å². The van der Waals surface area contributed by atoms with Gasteiger partial charge in [-0.2, -0.15) is 0 Å². The molecule has 0 aromatic heterocycles. The fourth-order valence-corrected chi connectivity index (χ4v) is 2.74. The summed E-state index contributed by atoms with van der Waals surface area (Å²) in [6.45, 7) is 3.28. The molecule has 0 unspecified atom stereocenters. The summed E-state index contributed by atoms with van der Waals surface area (Å²) in [5.41, 5.74) is 0.718. The number of hydrogen-bond acceptors (Lipinski definition) is 5. The molecule has 0 saturated heterocycles. The lowest BCUT2D eigenvalue weighted by atomic mass is 10.1. The highest BCUT2D eigenvalue weighted by Gasteiger charge is 2.19. The monoisotopic (exact) mass is 332 g/mol. The van der Waals surface area contributed by atoms with Crippen LogP contribution in [0.4, 0.5) is 0 Å². The molecule has 0 aliphatic heterocycles. The molecule has 0 bridgehead atoms. The van der Waals surface area contributed by atoms with E-state index >= 15 is 0 Å². The Balaban J connectivity index is 2.29. The molecule has 0 atom stereocenters. The normalized spacial score (nSPS) is 15.2. The van der Waals surface area contributed by atoms with Crippen LogP contribution in [0.1, 0.15) is 45.1 Å². The standard InChI is InChI=1S/C19H24O5/c1-4-23-19(21)16(13(2)20)11-14-9-10-17(22-3)18(12-14)24-15-7-5-6-8-15/h9-12,15H,4-8H2,1-3H3. The molecule has 130 valence electrons. The fraction of sp³-hybridized carbons (Fsp3) is 0.474. The van der Waals surface area contributed by atoms with Crippen LogP contribution in [0.15, 0.2) is 23.8 Å². The van der Waals surface area contributed by atoms with Gasteiger partial charge in [0.15, 0.2) is 17.3 Å². The SMILES string of the molecule is CCOC(=O)C(=Cc1ccc(OC)c(OC2CCCC2)c1)C(C)=O. The van der Waals surface area contributed by atoms with Crippen LogP contribution in [0.2, 0.25) is 0 Å². The van der Waals surface area contributed by atoms with Crippen molar-refractivity contribution in [3.05, 3.63) is 29.3 Å². The molecule has 1 aromatic carbocycles. The van der Waals surface area contributed by atoms with Gasteiger partial charge >= 0.3 is 5.97 Å². The van der Waals surface area contributed by atoms with Gasteiger partial charge in [0.2, 0.25) is 0 Å². The Kier molecular flexibility index (Phi) is 6.41. The Morgan fingerprint density at radius 3 is 2.50 bits per heavy atom. The summed E-state index contributed by atoms with van der Waals surface area (Å²) in [7, 11) is 1.59. The number of hydrogen-bond donors (Lipinski definition) is 0. The van der Waals surface area contributed by atoms with Crippen molar-refractivity contribution in [3.63, 3.8) is 0 Å². The lowest BCUT2D eigenvalue weighted by Gasteiger charge is -2.16. The minimum Gasteiger partial charge on any atom is -0.493 e. The minimum absolute atomic E-state index is 0.0221. The van der Waals surface area contributed by atoms with Crippen LogP contribution in [0.3, 0.4) is 0 Å². The molecule has 1 fully saturated rings. The lowest BCUT2D eigenvalue weighted by molar-refractivity contribution is -0.139. The first-order valence-electron chi connectivity index (χ1n) is 8.29. The highest BCUT2D eigenvalue weighted by atomic mass is 16.5. The molecular weight excluding hydrogens is 308 g/mol. The second-order valence-electron chi connectivity index (χ2n) is 5.77. The Morgan fingerprint density at radius 2 is 1.92 bits per heavy atom. The zero-order chi connectivity index (χ0) is 17.5. The van der Waals surface area contributed by atoms with Crippen LogP contribution in [-0.4, -0.2) is 31.6 Å². The highest BCUT2D eigenvalue weighted by Crippen LogP contribution is 2.33. The first-order chi connectivity index (χ1) is 11.5. The Morgan fingerprint density at radius 1 is 1.21 bits per heavy atom. The second kappa shape index (κ2) is 8.52. The maximum Gasteiger partial charge on any atom is 0.341 e. The molecular formula is C19H24O5. The van der Waals surface area contributed by atoms with Crippen molar-refractivity contribution < 1.29 is 23.8 Å². The Bertz CT molecular complexity index is 627. The third-order valence-corrected chi connectivity index (χ3v) is 3.97. The van der Waals surface area contributed by atoms with Gasteiger partial charge in [-0.15, -0.1) is 0 Å². The topological polar surface area (TPSA) is 61.8 Å². The molecule has 2 rings (SSSR count). The van der Waals surface area contributed by atoms with E-state index in [0.29, 0.717) is 17.1 Å². The molecule has 1 aromatic rings. The number of Topliss-reactive ketones (excluding diaryl/α,β-unsaturated/α-hetero) is 1. The van der Waals surface area contributed by atoms with E-state index in [0.717, 1.165) is 12.8 Å². The van der Waals surface area contributed by atoms with Gasteiger partial charge in [-0.25, -0.2) is 4.79 Å². The molecule has 1 aliphatic carbocycles. The van der Waals surface area contributed by atoms with Gasteiger partial charge in [-0.1, -0.05) is 6.07 Å². The predicted molar refractivity (Wildman–Crippen MR) is 91.2 cm³/mol. The second-order valence-corrected chi connectivity index (χ2v) is 5.77. The zero-order valence-electron chi connectivity index (χ0n) is 14.5. The van der Waals surface area contributed by atoms with Gasteiger partial charge in [0.25, 0.3) is 0 Å². The van der Waals surface area contributed by atoms with Gasteiger partial charge in [-0.3, -0.25) is 4.79 Å².